The molecule has 0 N–H and O–H groups in total. The highest BCUT2D eigenvalue weighted by Crippen LogP contribution is 2.30. The lowest BCUT2D eigenvalue weighted by atomic mass is 10.0. The van der Waals surface area contributed by atoms with Gasteiger partial charge in [0.05, 0.1) is 5.69 Å². The van der Waals surface area contributed by atoms with Crippen molar-refractivity contribution in [3.05, 3.63) is 58.7 Å². The molecule has 0 atom stereocenters. The van der Waals surface area contributed by atoms with Crippen LogP contribution in [0.5, 0.6) is 0 Å². The summed E-state index contributed by atoms with van der Waals surface area (Å²) in [4.78, 5) is 5.64. The van der Waals surface area contributed by atoms with Crippen molar-refractivity contribution in [1.82, 2.24) is 4.98 Å². The molecule has 0 unspecified atom stereocenters. The maximum atomic E-state index is 6.13. The van der Waals surface area contributed by atoms with Crippen LogP contribution in [0.25, 0.3) is 16.0 Å². The molecule has 0 radical (unpaired) electrons. The Morgan fingerprint density at radius 1 is 1.22 bits per heavy atom. The minimum atomic E-state index is 0.552. The van der Waals surface area contributed by atoms with Gasteiger partial charge in [0.25, 0.3) is 0 Å². The summed E-state index contributed by atoms with van der Waals surface area (Å²) in [6.45, 7) is 0. The van der Waals surface area contributed by atoms with E-state index >= 15 is 0 Å². The number of halogens is 1. The third-order valence-corrected chi connectivity index (χ3v) is 4.00. The predicted octanol–water partition coefficient (Wildman–Crippen LogP) is 5.20. The first kappa shape index (κ1) is 11.7. The minimum absolute atomic E-state index is 0.552. The SMILES string of the molecule is Clc1cc(-c2cccs2)cc(C2=CCCC=C2)n1. The van der Waals surface area contributed by atoms with Gasteiger partial charge in [-0.05, 0) is 47.6 Å². The van der Waals surface area contributed by atoms with Gasteiger partial charge in [-0.25, -0.2) is 4.98 Å². The highest BCUT2D eigenvalue weighted by molar-refractivity contribution is 7.13. The summed E-state index contributed by atoms with van der Waals surface area (Å²) in [5.41, 5.74) is 3.27. The van der Waals surface area contributed by atoms with E-state index in [0.29, 0.717) is 5.15 Å². The second-order valence-electron chi connectivity index (χ2n) is 4.18. The predicted molar refractivity (Wildman–Crippen MR) is 78.9 cm³/mol. The van der Waals surface area contributed by atoms with Crippen molar-refractivity contribution in [1.29, 1.82) is 0 Å². The molecule has 2 aromatic rings. The lowest BCUT2D eigenvalue weighted by Crippen LogP contribution is -1.91. The van der Waals surface area contributed by atoms with Crippen molar-refractivity contribution in [2.24, 2.45) is 0 Å². The van der Waals surface area contributed by atoms with Gasteiger partial charge in [-0.1, -0.05) is 35.9 Å². The molecule has 1 aliphatic carbocycles. The molecule has 2 aromatic heterocycles. The van der Waals surface area contributed by atoms with Crippen LogP contribution in [0.1, 0.15) is 18.5 Å². The fourth-order valence-corrected chi connectivity index (χ4v) is 2.96. The van der Waals surface area contributed by atoms with E-state index in [2.05, 4.69) is 40.7 Å². The molecule has 0 saturated carbocycles. The van der Waals surface area contributed by atoms with Gasteiger partial charge in [-0.2, -0.15) is 0 Å². The molecule has 3 rings (SSSR count). The standard InChI is InChI=1S/C15H12ClNS/c16-15-10-12(14-7-4-8-18-14)9-13(17-15)11-5-2-1-3-6-11/h2,4-10H,1,3H2. The number of aromatic nitrogens is 1. The van der Waals surface area contributed by atoms with E-state index in [-0.39, 0.29) is 0 Å². The summed E-state index contributed by atoms with van der Waals surface area (Å²) in [5, 5.41) is 2.62. The Labute approximate surface area is 115 Å². The molecule has 3 heteroatoms. The molecule has 0 spiro atoms. The van der Waals surface area contributed by atoms with Crippen molar-refractivity contribution in [3.8, 4) is 10.4 Å². The fraction of sp³-hybridized carbons (Fsp3) is 0.133. The molecule has 0 fully saturated rings. The largest absolute Gasteiger partial charge is 0.236 e. The van der Waals surface area contributed by atoms with E-state index in [9.17, 15) is 0 Å². The normalized spacial score (nSPS) is 14.6. The fourth-order valence-electron chi connectivity index (χ4n) is 2.03. The van der Waals surface area contributed by atoms with E-state index < -0.39 is 0 Å². The molecular formula is C15H12ClNS. The third-order valence-electron chi connectivity index (χ3n) is 2.89. The number of nitrogens with zero attached hydrogens (tertiary/aromatic N) is 1. The van der Waals surface area contributed by atoms with Crippen LogP contribution < -0.4 is 0 Å². The van der Waals surface area contributed by atoms with Gasteiger partial charge in [0.15, 0.2) is 0 Å². The van der Waals surface area contributed by atoms with Gasteiger partial charge in [0, 0.05) is 4.88 Å². The topological polar surface area (TPSA) is 12.9 Å². The maximum Gasteiger partial charge on any atom is 0.130 e. The highest BCUT2D eigenvalue weighted by Gasteiger charge is 2.08. The van der Waals surface area contributed by atoms with Gasteiger partial charge < -0.3 is 0 Å². The zero-order valence-corrected chi connectivity index (χ0v) is 11.3. The smallest absolute Gasteiger partial charge is 0.130 e. The van der Waals surface area contributed by atoms with Gasteiger partial charge in [0.2, 0.25) is 0 Å². The Morgan fingerprint density at radius 2 is 2.17 bits per heavy atom. The first-order valence-corrected chi connectivity index (χ1v) is 7.17. The van der Waals surface area contributed by atoms with E-state index in [1.54, 1.807) is 11.3 Å². The molecule has 0 aliphatic heterocycles. The average Bonchev–Trinajstić information content (AvgIpc) is 2.93. The van der Waals surface area contributed by atoms with Gasteiger partial charge in [-0.15, -0.1) is 11.3 Å². The van der Waals surface area contributed by atoms with Gasteiger partial charge >= 0.3 is 0 Å². The number of hydrogen-bond donors (Lipinski definition) is 0. The molecule has 0 saturated heterocycles. The van der Waals surface area contributed by atoms with Crippen LogP contribution in [0.2, 0.25) is 5.15 Å². The first-order chi connectivity index (χ1) is 8.83. The van der Waals surface area contributed by atoms with Crippen LogP contribution in [0.4, 0.5) is 0 Å². The lowest BCUT2D eigenvalue weighted by molar-refractivity contribution is 1.04. The van der Waals surface area contributed by atoms with Crippen LogP contribution >= 0.6 is 22.9 Å². The van der Waals surface area contributed by atoms with Crippen molar-refractivity contribution in [2.75, 3.05) is 0 Å². The molecule has 0 amide bonds. The van der Waals surface area contributed by atoms with Crippen LogP contribution in [0, 0.1) is 0 Å². The number of hydrogen-bond acceptors (Lipinski definition) is 2. The van der Waals surface area contributed by atoms with Gasteiger partial charge in [0.1, 0.15) is 5.15 Å². The maximum absolute atomic E-state index is 6.13. The Hall–Kier alpha value is -1.38. The van der Waals surface area contributed by atoms with E-state index in [1.165, 1.54) is 10.5 Å². The first-order valence-electron chi connectivity index (χ1n) is 5.91. The molecule has 0 bridgehead atoms. The number of rotatable bonds is 2. The lowest BCUT2D eigenvalue weighted by Gasteiger charge is -2.08. The molecular weight excluding hydrogens is 262 g/mol. The summed E-state index contributed by atoms with van der Waals surface area (Å²) in [7, 11) is 0. The Bertz CT molecular complexity index is 611. The van der Waals surface area contributed by atoms with E-state index in [0.717, 1.165) is 24.1 Å². The van der Waals surface area contributed by atoms with E-state index in [1.807, 2.05) is 12.1 Å². The molecule has 90 valence electrons. The highest BCUT2D eigenvalue weighted by atomic mass is 35.5. The van der Waals surface area contributed by atoms with Crippen LogP contribution in [-0.2, 0) is 0 Å². The zero-order chi connectivity index (χ0) is 12.4. The van der Waals surface area contributed by atoms with Crippen LogP contribution in [0.15, 0.2) is 47.9 Å². The van der Waals surface area contributed by atoms with Crippen molar-refractivity contribution < 1.29 is 0 Å². The van der Waals surface area contributed by atoms with Crippen molar-refractivity contribution >= 4 is 28.5 Å². The Morgan fingerprint density at radius 3 is 2.89 bits per heavy atom. The quantitative estimate of drug-likeness (QED) is 0.686. The monoisotopic (exact) mass is 273 g/mol. The number of allylic oxidation sites excluding steroid dienone is 4. The molecule has 18 heavy (non-hydrogen) atoms. The van der Waals surface area contributed by atoms with Crippen molar-refractivity contribution in [3.63, 3.8) is 0 Å². The van der Waals surface area contributed by atoms with Gasteiger partial charge in [-0.3, -0.25) is 0 Å². The minimum Gasteiger partial charge on any atom is -0.236 e. The van der Waals surface area contributed by atoms with Crippen LogP contribution in [0.3, 0.4) is 0 Å². The molecule has 2 heterocycles. The Kier molecular flexibility index (Phi) is 3.31. The zero-order valence-electron chi connectivity index (χ0n) is 9.77. The molecule has 1 aliphatic rings. The summed E-state index contributed by atoms with van der Waals surface area (Å²) in [6.07, 6.45) is 8.72. The van der Waals surface area contributed by atoms with Crippen LogP contribution in [-0.4, -0.2) is 4.98 Å². The second-order valence-corrected chi connectivity index (χ2v) is 5.52. The summed E-state index contributed by atoms with van der Waals surface area (Å²) in [5.74, 6) is 0. The number of thiophene rings is 1. The summed E-state index contributed by atoms with van der Waals surface area (Å²) >= 11 is 7.84. The molecule has 1 nitrogen and oxygen atoms in total. The third kappa shape index (κ3) is 2.40. The second kappa shape index (κ2) is 5.09. The van der Waals surface area contributed by atoms with E-state index in [4.69, 9.17) is 11.6 Å². The summed E-state index contributed by atoms with van der Waals surface area (Å²) in [6, 6.07) is 8.18. The number of pyridine rings is 1. The summed E-state index contributed by atoms with van der Waals surface area (Å²) < 4.78 is 0. The average molecular weight is 274 g/mol. The molecule has 0 aromatic carbocycles. The van der Waals surface area contributed by atoms with Crippen molar-refractivity contribution in [2.45, 2.75) is 12.8 Å². The Balaban J connectivity index is 2.06.